The van der Waals surface area contributed by atoms with Crippen LogP contribution in [0.1, 0.15) is 10.6 Å². The number of morpholine rings is 1. The molecule has 136 valence electrons. The van der Waals surface area contributed by atoms with Gasteiger partial charge in [0.2, 0.25) is 0 Å². The number of hydrogen-bond acceptors (Lipinski definition) is 6. The first-order valence-corrected chi connectivity index (χ1v) is 9.24. The summed E-state index contributed by atoms with van der Waals surface area (Å²) in [4.78, 5) is 21.3. The third-order valence-electron chi connectivity index (χ3n) is 4.29. The van der Waals surface area contributed by atoms with Crippen LogP contribution in [0.4, 0.5) is 9.52 Å². The fourth-order valence-corrected chi connectivity index (χ4v) is 3.90. The number of carbonyl (C=O) groups is 1. The van der Waals surface area contributed by atoms with Crippen molar-refractivity contribution in [3.8, 4) is 0 Å². The van der Waals surface area contributed by atoms with E-state index in [2.05, 4.69) is 9.88 Å². The van der Waals surface area contributed by atoms with Gasteiger partial charge in [0.25, 0.3) is 5.91 Å². The van der Waals surface area contributed by atoms with Gasteiger partial charge in [-0.05, 0) is 30.3 Å². The van der Waals surface area contributed by atoms with Gasteiger partial charge in [-0.3, -0.25) is 14.6 Å². The number of benzene rings is 1. The van der Waals surface area contributed by atoms with E-state index < -0.39 is 0 Å². The standard InChI is InChI=1S/C18H18FN3O3S/c19-13-3-4-14-16(12-13)26-18(20-14)22(17(23)15-2-1-9-25-15)6-5-21-7-10-24-11-8-21/h1-4,9,12H,5-8,10-11H2. The van der Waals surface area contributed by atoms with Gasteiger partial charge in [0.15, 0.2) is 10.9 Å². The molecule has 0 aliphatic carbocycles. The van der Waals surface area contributed by atoms with Crippen molar-refractivity contribution in [1.82, 2.24) is 9.88 Å². The van der Waals surface area contributed by atoms with Gasteiger partial charge in [0, 0.05) is 26.2 Å². The van der Waals surface area contributed by atoms with Gasteiger partial charge in [-0.2, -0.15) is 0 Å². The van der Waals surface area contributed by atoms with E-state index in [9.17, 15) is 9.18 Å². The molecule has 0 bridgehead atoms. The zero-order chi connectivity index (χ0) is 17.9. The number of thiazole rings is 1. The molecule has 4 rings (SSSR count). The Balaban J connectivity index is 1.60. The second-order valence-corrected chi connectivity index (χ2v) is 7.01. The van der Waals surface area contributed by atoms with Crippen LogP contribution in [0.2, 0.25) is 0 Å². The number of halogens is 1. The summed E-state index contributed by atoms with van der Waals surface area (Å²) >= 11 is 1.30. The number of ether oxygens (including phenoxy) is 1. The maximum absolute atomic E-state index is 13.5. The molecule has 1 aliphatic rings. The van der Waals surface area contributed by atoms with Crippen LogP contribution in [0.5, 0.6) is 0 Å². The van der Waals surface area contributed by atoms with Crippen molar-refractivity contribution in [3.05, 3.63) is 48.2 Å². The molecule has 0 saturated carbocycles. The molecule has 1 aromatic carbocycles. The Kier molecular flexibility index (Phi) is 4.96. The third-order valence-corrected chi connectivity index (χ3v) is 5.33. The summed E-state index contributed by atoms with van der Waals surface area (Å²) in [5.41, 5.74) is 0.676. The lowest BCUT2D eigenvalue weighted by molar-refractivity contribution is 0.0390. The van der Waals surface area contributed by atoms with E-state index in [-0.39, 0.29) is 17.5 Å². The monoisotopic (exact) mass is 375 g/mol. The Morgan fingerprint density at radius 3 is 2.92 bits per heavy atom. The molecule has 0 spiro atoms. The molecule has 0 radical (unpaired) electrons. The minimum Gasteiger partial charge on any atom is -0.459 e. The van der Waals surface area contributed by atoms with Crippen LogP contribution >= 0.6 is 11.3 Å². The molecular formula is C18H18FN3O3S. The smallest absolute Gasteiger partial charge is 0.295 e. The molecule has 1 saturated heterocycles. The zero-order valence-electron chi connectivity index (χ0n) is 14.1. The first-order valence-electron chi connectivity index (χ1n) is 8.42. The number of furan rings is 1. The number of anilines is 1. The van der Waals surface area contributed by atoms with Gasteiger partial charge in [-0.25, -0.2) is 9.37 Å². The number of carbonyl (C=O) groups excluding carboxylic acids is 1. The first-order chi connectivity index (χ1) is 12.7. The fourth-order valence-electron chi connectivity index (χ4n) is 2.89. The molecular weight excluding hydrogens is 357 g/mol. The van der Waals surface area contributed by atoms with Crippen LogP contribution < -0.4 is 4.90 Å². The number of rotatable bonds is 5. The summed E-state index contributed by atoms with van der Waals surface area (Å²) in [7, 11) is 0. The Bertz CT molecular complexity index is 890. The van der Waals surface area contributed by atoms with E-state index in [4.69, 9.17) is 9.15 Å². The lowest BCUT2D eigenvalue weighted by Crippen LogP contribution is -2.43. The van der Waals surface area contributed by atoms with Gasteiger partial charge in [-0.15, -0.1) is 0 Å². The van der Waals surface area contributed by atoms with Crippen molar-refractivity contribution in [2.75, 3.05) is 44.3 Å². The van der Waals surface area contributed by atoms with Crippen LogP contribution in [0.25, 0.3) is 10.2 Å². The van der Waals surface area contributed by atoms with Crippen LogP contribution in [-0.4, -0.2) is 55.2 Å². The maximum Gasteiger partial charge on any atom is 0.295 e. The van der Waals surface area contributed by atoms with Gasteiger partial charge in [0.05, 0.1) is 29.7 Å². The van der Waals surface area contributed by atoms with E-state index in [0.717, 1.165) is 13.1 Å². The quantitative estimate of drug-likeness (QED) is 0.686. The second kappa shape index (κ2) is 7.53. The molecule has 3 heterocycles. The SMILES string of the molecule is O=C(c1ccco1)N(CCN1CCOCC1)c1nc2ccc(F)cc2s1. The fraction of sp³-hybridized carbons (Fsp3) is 0.333. The summed E-state index contributed by atoms with van der Waals surface area (Å²) < 4.78 is 24.8. The number of hydrogen-bond donors (Lipinski definition) is 0. The predicted molar refractivity (Wildman–Crippen MR) is 97.2 cm³/mol. The van der Waals surface area contributed by atoms with Crippen molar-refractivity contribution in [1.29, 1.82) is 0 Å². The van der Waals surface area contributed by atoms with Gasteiger partial charge in [-0.1, -0.05) is 11.3 Å². The topological polar surface area (TPSA) is 58.8 Å². The van der Waals surface area contributed by atoms with Crippen molar-refractivity contribution < 1.29 is 18.3 Å². The van der Waals surface area contributed by atoms with Crippen LogP contribution in [0.15, 0.2) is 41.0 Å². The first kappa shape index (κ1) is 17.1. The third kappa shape index (κ3) is 3.62. The normalized spacial score (nSPS) is 15.4. The Hall–Kier alpha value is -2.29. The highest BCUT2D eigenvalue weighted by molar-refractivity contribution is 7.22. The largest absolute Gasteiger partial charge is 0.459 e. The minimum absolute atomic E-state index is 0.247. The molecule has 1 fully saturated rings. The highest BCUT2D eigenvalue weighted by Gasteiger charge is 2.24. The minimum atomic E-state index is -0.315. The Labute approximate surface area is 153 Å². The average Bonchev–Trinajstić information content (AvgIpc) is 3.32. The van der Waals surface area contributed by atoms with E-state index in [1.165, 1.54) is 29.7 Å². The Morgan fingerprint density at radius 2 is 2.15 bits per heavy atom. The van der Waals surface area contributed by atoms with Gasteiger partial charge in [0.1, 0.15) is 5.82 Å². The van der Waals surface area contributed by atoms with E-state index >= 15 is 0 Å². The molecule has 1 aliphatic heterocycles. The number of aromatic nitrogens is 1. The molecule has 3 aromatic rings. The molecule has 1 amide bonds. The molecule has 0 N–H and O–H groups in total. The average molecular weight is 375 g/mol. The van der Waals surface area contributed by atoms with Crippen LogP contribution in [0, 0.1) is 5.82 Å². The van der Waals surface area contributed by atoms with Crippen LogP contribution in [-0.2, 0) is 4.74 Å². The van der Waals surface area contributed by atoms with Crippen molar-refractivity contribution in [2.45, 2.75) is 0 Å². The summed E-state index contributed by atoms with van der Waals surface area (Å²) in [6.45, 7) is 4.27. The number of fused-ring (bicyclic) bond motifs is 1. The second-order valence-electron chi connectivity index (χ2n) is 6.00. The molecule has 6 nitrogen and oxygen atoms in total. The molecule has 8 heteroatoms. The van der Waals surface area contributed by atoms with Crippen molar-refractivity contribution in [2.24, 2.45) is 0 Å². The lowest BCUT2D eigenvalue weighted by atomic mass is 10.3. The number of nitrogens with zero attached hydrogens (tertiary/aromatic N) is 3. The maximum atomic E-state index is 13.5. The van der Waals surface area contributed by atoms with Crippen LogP contribution in [0.3, 0.4) is 0 Å². The summed E-state index contributed by atoms with van der Waals surface area (Å²) in [6, 6.07) is 7.76. The predicted octanol–water partition coefficient (Wildman–Crippen LogP) is 3.01. The summed E-state index contributed by atoms with van der Waals surface area (Å²) in [6.07, 6.45) is 1.47. The van der Waals surface area contributed by atoms with Gasteiger partial charge >= 0.3 is 0 Å². The summed E-state index contributed by atoms with van der Waals surface area (Å²) in [5, 5.41) is 0.542. The molecule has 0 atom stereocenters. The molecule has 2 aromatic heterocycles. The van der Waals surface area contributed by atoms with Crippen molar-refractivity contribution >= 4 is 32.6 Å². The number of amides is 1. The Morgan fingerprint density at radius 1 is 1.31 bits per heavy atom. The molecule has 26 heavy (non-hydrogen) atoms. The van der Waals surface area contributed by atoms with Crippen molar-refractivity contribution in [3.63, 3.8) is 0 Å². The van der Waals surface area contributed by atoms with Gasteiger partial charge < -0.3 is 9.15 Å². The van der Waals surface area contributed by atoms with E-state index in [0.29, 0.717) is 41.7 Å². The summed E-state index contributed by atoms with van der Waals surface area (Å²) in [5.74, 6) is -0.301. The highest BCUT2D eigenvalue weighted by atomic mass is 32.1. The highest BCUT2D eigenvalue weighted by Crippen LogP contribution is 2.30. The molecule has 0 unspecified atom stereocenters. The van der Waals surface area contributed by atoms with E-state index in [1.807, 2.05) is 0 Å². The zero-order valence-corrected chi connectivity index (χ0v) is 14.9. The van der Waals surface area contributed by atoms with E-state index in [1.54, 1.807) is 23.1 Å². The lowest BCUT2D eigenvalue weighted by Gasteiger charge is -2.28.